The first-order valence-electron chi connectivity index (χ1n) is 6.35. The number of amides is 1. The van der Waals surface area contributed by atoms with E-state index >= 15 is 0 Å². The Morgan fingerprint density at radius 3 is 2.59 bits per heavy atom. The third-order valence-corrected chi connectivity index (χ3v) is 2.95. The van der Waals surface area contributed by atoms with Crippen LogP contribution in [0.25, 0.3) is 0 Å². The number of rotatable bonds is 5. The Morgan fingerprint density at radius 1 is 1.24 bits per heavy atom. The monoisotopic (exact) mass is 239 g/mol. The molecule has 1 fully saturated rings. The minimum atomic E-state index is -0.472. The molecule has 4 nitrogen and oxygen atoms in total. The van der Waals surface area contributed by atoms with Crippen LogP contribution in [0.15, 0.2) is 12.2 Å². The fourth-order valence-corrected chi connectivity index (χ4v) is 2.03. The van der Waals surface area contributed by atoms with Crippen molar-refractivity contribution in [3.63, 3.8) is 0 Å². The molecule has 0 radical (unpaired) electrons. The van der Waals surface area contributed by atoms with Gasteiger partial charge < -0.3 is 10.1 Å². The molecule has 1 N–H and O–H groups in total. The van der Waals surface area contributed by atoms with E-state index in [0.29, 0.717) is 19.1 Å². The van der Waals surface area contributed by atoms with Crippen LogP contribution in [0, 0.1) is 5.92 Å². The molecule has 0 saturated heterocycles. The molecule has 0 unspecified atom stereocenters. The highest BCUT2D eigenvalue weighted by molar-refractivity contribution is 5.94. The third-order valence-electron chi connectivity index (χ3n) is 2.95. The maximum Gasteiger partial charge on any atom is 0.330 e. The highest BCUT2D eigenvalue weighted by atomic mass is 16.5. The summed E-state index contributed by atoms with van der Waals surface area (Å²) < 4.78 is 4.68. The van der Waals surface area contributed by atoms with E-state index in [1.165, 1.54) is 44.3 Å². The SMILES string of the molecule is CCOC(=O)/C=C/C(=O)NCC1CCCCC1. The molecule has 0 bridgehead atoms. The number of hydrogen-bond donors (Lipinski definition) is 1. The smallest absolute Gasteiger partial charge is 0.330 e. The molecule has 0 atom stereocenters. The fourth-order valence-electron chi connectivity index (χ4n) is 2.03. The van der Waals surface area contributed by atoms with Crippen LogP contribution in [0.2, 0.25) is 0 Å². The van der Waals surface area contributed by atoms with Gasteiger partial charge in [0.25, 0.3) is 0 Å². The van der Waals surface area contributed by atoms with E-state index in [2.05, 4.69) is 10.1 Å². The fraction of sp³-hybridized carbons (Fsp3) is 0.692. The summed E-state index contributed by atoms with van der Waals surface area (Å²) in [5, 5.41) is 2.82. The van der Waals surface area contributed by atoms with Crippen LogP contribution in [0.5, 0.6) is 0 Å². The van der Waals surface area contributed by atoms with Gasteiger partial charge in [0.1, 0.15) is 0 Å². The average molecular weight is 239 g/mol. The van der Waals surface area contributed by atoms with Crippen molar-refractivity contribution in [3.8, 4) is 0 Å². The first-order valence-corrected chi connectivity index (χ1v) is 6.35. The lowest BCUT2D eigenvalue weighted by molar-refractivity contribution is -0.137. The number of ether oxygens (including phenoxy) is 1. The van der Waals surface area contributed by atoms with Crippen LogP contribution in [0.1, 0.15) is 39.0 Å². The summed E-state index contributed by atoms with van der Waals surface area (Å²) in [7, 11) is 0. The van der Waals surface area contributed by atoms with Gasteiger partial charge in [0.2, 0.25) is 5.91 Å². The first kappa shape index (κ1) is 13.7. The summed E-state index contributed by atoms with van der Waals surface area (Å²) in [6.45, 7) is 2.77. The van der Waals surface area contributed by atoms with Crippen molar-refractivity contribution in [2.45, 2.75) is 39.0 Å². The van der Waals surface area contributed by atoms with Crippen molar-refractivity contribution in [2.24, 2.45) is 5.92 Å². The molecule has 0 spiro atoms. The molecule has 1 saturated carbocycles. The number of carbonyl (C=O) groups is 2. The molecule has 0 heterocycles. The van der Waals surface area contributed by atoms with Crippen molar-refractivity contribution in [1.82, 2.24) is 5.32 Å². The zero-order valence-corrected chi connectivity index (χ0v) is 10.4. The van der Waals surface area contributed by atoms with Gasteiger partial charge in [-0.15, -0.1) is 0 Å². The van der Waals surface area contributed by atoms with Crippen LogP contribution in [-0.4, -0.2) is 25.0 Å². The van der Waals surface area contributed by atoms with E-state index < -0.39 is 5.97 Å². The van der Waals surface area contributed by atoms with Crippen LogP contribution in [0.4, 0.5) is 0 Å². The van der Waals surface area contributed by atoms with Crippen molar-refractivity contribution in [1.29, 1.82) is 0 Å². The number of carbonyl (C=O) groups excluding carboxylic acids is 2. The molecule has 17 heavy (non-hydrogen) atoms. The summed E-state index contributed by atoms with van der Waals surface area (Å²) in [4.78, 5) is 22.4. The quantitative estimate of drug-likeness (QED) is 0.588. The second-order valence-electron chi connectivity index (χ2n) is 4.33. The van der Waals surface area contributed by atoms with Gasteiger partial charge in [-0.3, -0.25) is 4.79 Å². The minimum Gasteiger partial charge on any atom is -0.463 e. The van der Waals surface area contributed by atoms with E-state index in [-0.39, 0.29) is 5.91 Å². The van der Waals surface area contributed by atoms with Gasteiger partial charge in [-0.25, -0.2) is 4.79 Å². The zero-order valence-electron chi connectivity index (χ0n) is 10.4. The molecule has 96 valence electrons. The Labute approximate surface area is 102 Å². The summed E-state index contributed by atoms with van der Waals surface area (Å²) in [5.41, 5.74) is 0. The summed E-state index contributed by atoms with van der Waals surface area (Å²) in [6, 6.07) is 0. The highest BCUT2D eigenvalue weighted by Crippen LogP contribution is 2.22. The van der Waals surface area contributed by atoms with Gasteiger partial charge in [-0.05, 0) is 25.7 Å². The van der Waals surface area contributed by atoms with Crippen molar-refractivity contribution in [2.75, 3.05) is 13.2 Å². The molecule has 1 rings (SSSR count). The molecule has 0 aliphatic heterocycles. The summed E-state index contributed by atoms with van der Waals surface area (Å²) in [6.07, 6.45) is 8.63. The Balaban J connectivity index is 2.17. The first-order chi connectivity index (χ1) is 8.22. The molecule has 0 aromatic carbocycles. The molecule has 1 aliphatic carbocycles. The van der Waals surface area contributed by atoms with E-state index in [4.69, 9.17) is 0 Å². The molecule has 0 aromatic heterocycles. The molecule has 0 aromatic rings. The van der Waals surface area contributed by atoms with Crippen LogP contribution < -0.4 is 5.32 Å². The lowest BCUT2D eigenvalue weighted by atomic mass is 9.89. The maximum atomic E-state index is 11.4. The Kier molecular flexibility index (Phi) is 6.37. The van der Waals surface area contributed by atoms with Crippen LogP contribution in [-0.2, 0) is 14.3 Å². The van der Waals surface area contributed by atoms with Crippen LogP contribution in [0.3, 0.4) is 0 Å². The minimum absolute atomic E-state index is 0.219. The van der Waals surface area contributed by atoms with Gasteiger partial charge in [-0.2, -0.15) is 0 Å². The number of nitrogens with one attached hydrogen (secondary N) is 1. The summed E-state index contributed by atoms with van der Waals surface area (Å²) in [5.74, 6) is -0.0902. The second-order valence-corrected chi connectivity index (χ2v) is 4.33. The standard InChI is InChI=1S/C13H21NO3/c1-2-17-13(16)9-8-12(15)14-10-11-6-4-3-5-7-11/h8-9,11H,2-7,10H2,1H3,(H,14,15)/b9-8+. The van der Waals surface area contributed by atoms with Gasteiger partial charge >= 0.3 is 5.97 Å². The molecular weight excluding hydrogens is 218 g/mol. The van der Waals surface area contributed by atoms with Gasteiger partial charge in [-0.1, -0.05) is 19.3 Å². The largest absolute Gasteiger partial charge is 0.463 e. The number of hydrogen-bond acceptors (Lipinski definition) is 3. The highest BCUT2D eigenvalue weighted by Gasteiger charge is 2.13. The zero-order chi connectivity index (χ0) is 12.5. The molecule has 4 heteroatoms. The predicted octanol–water partition coefficient (Wildman–Crippen LogP) is 1.80. The summed E-state index contributed by atoms with van der Waals surface area (Å²) >= 11 is 0. The lowest BCUT2D eigenvalue weighted by Crippen LogP contribution is -2.29. The topological polar surface area (TPSA) is 55.4 Å². The van der Waals surface area contributed by atoms with Crippen molar-refractivity contribution in [3.05, 3.63) is 12.2 Å². The Morgan fingerprint density at radius 2 is 1.94 bits per heavy atom. The lowest BCUT2D eigenvalue weighted by Gasteiger charge is -2.21. The van der Waals surface area contributed by atoms with Gasteiger partial charge in [0.05, 0.1) is 6.61 Å². The van der Waals surface area contributed by atoms with Gasteiger partial charge in [0, 0.05) is 18.7 Å². The number of esters is 1. The molecular formula is C13H21NO3. The van der Waals surface area contributed by atoms with E-state index in [9.17, 15) is 9.59 Å². The van der Waals surface area contributed by atoms with E-state index in [0.717, 1.165) is 0 Å². The van der Waals surface area contributed by atoms with Crippen molar-refractivity contribution >= 4 is 11.9 Å². The maximum absolute atomic E-state index is 11.4. The Bertz CT molecular complexity index is 280. The van der Waals surface area contributed by atoms with E-state index in [1.54, 1.807) is 6.92 Å². The third kappa shape index (κ3) is 6.09. The van der Waals surface area contributed by atoms with Crippen LogP contribution >= 0.6 is 0 Å². The second kappa shape index (κ2) is 7.87. The van der Waals surface area contributed by atoms with E-state index in [1.807, 2.05) is 0 Å². The normalized spacial score (nSPS) is 17.0. The average Bonchev–Trinajstić information content (AvgIpc) is 2.35. The molecule has 1 aliphatic rings. The van der Waals surface area contributed by atoms with Gasteiger partial charge in [0.15, 0.2) is 0 Å². The van der Waals surface area contributed by atoms with Crippen molar-refractivity contribution < 1.29 is 14.3 Å². The Hall–Kier alpha value is -1.32. The predicted molar refractivity (Wildman–Crippen MR) is 65.4 cm³/mol. The molecule has 1 amide bonds.